The van der Waals surface area contributed by atoms with E-state index in [1.54, 1.807) is 6.92 Å². The lowest BCUT2D eigenvalue weighted by atomic mass is 10.1. The van der Waals surface area contributed by atoms with Gasteiger partial charge in [-0.2, -0.15) is 0 Å². The maximum absolute atomic E-state index is 12.5. The summed E-state index contributed by atoms with van der Waals surface area (Å²) in [5, 5.41) is 3.05. The Morgan fingerprint density at radius 3 is 2.36 bits per heavy atom. The van der Waals surface area contributed by atoms with Crippen molar-refractivity contribution >= 4 is 11.9 Å². The van der Waals surface area contributed by atoms with Gasteiger partial charge in [0.2, 0.25) is 0 Å². The van der Waals surface area contributed by atoms with Crippen LogP contribution in [0.25, 0.3) is 0 Å². The fourth-order valence-corrected chi connectivity index (χ4v) is 3.90. The molecule has 2 fully saturated rings. The summed E-state index contributed by atoms with van der Waals surface area (Å²) in [4.78, 5) is 24.9. The summed E-state index contributed by atoms with van der Waals surface area (Å²) in [6.45, 7) is 5.63. The zero-order valence-corrected chi connectivity index (χ0v) is 15.6. The maximum Gasteiger partial charge on any atom is 0.340 e. The number of esters is 1. The van der Waals surface area contributed by atoms with Crippen molar-refractivity contribution in [3.8, 4) is 0 Å². The van der Waals surface area contributed by atoms with Gasteiger partial charge in [-0.05, 0) is 52.5 Å². The van der Waals surface area contributed by atoms with Crippen LogP contribution in [0.5, 0.6) is 0 Å². The van der Waals surface area contributed by atoms with E-state index in [9.17, 15) is 9.59 Å². The Labute approximate surface area is 150 Å². The highest BCUT2D eigenvalue weighted by molar-refractivity contribution is 5.93. The van der Waals surface area contributed by atoms with Crippen LogP contribution >= 0.6 is 0 Å². The Bertz CT molecular complexity index is 638. The van der Waals surface area contributed by atoms with E-state index >= 15 is 0 Å². The van der Waals surface area contributed by atoms with Crippen LogP contribution in [0.4, 0.5) is 0 Å². The average molecular weight is 346 g/mol. The molecule has 0 aromatic carbocycles. The first-order valence-corrected chi connectivity index (χ1v) is 9.67. The van der Waals surface area contributed by atoms with Crippen molar-refractivity contribution in [3.05, 3.63) is 23.0 Å². The van der Waals surface area contributed by atoms with Gasteiger partial charge in [0.25, 0.3) is 5.91 Å². The molecule has 1 heterocycles. The van der Waals surface area contributed by atoms with Crippen molar-refractivity contribution in [2.45, 2.75) is 90.3 Å². The third-order valence-corrected chi connectivity index (χ3v) is 5.47. The van der Waals surface area contributed by atoms with Gasteiger partial charge in [-0.15, -0.1) is 0 Å². The normalized spacial score (nSPS) is 20.0. The van der Waals surface area contributed by atoms with Gasteiger partial charge in [0.1, 0.15) is 0 Å². The molecule has 1 N–H and O–H groups in total. The van der Waals surface area contributed by atoms with Gasteiger partial charge in [-0.25, -0.2) is 4.79 Å². The lowest BCUT2D eigenvalue weighted by Crippen LogP contribution is -2.41. The van der Waals surface area contributed by atoms with Crippen LogP contribution in [0.2, 0.25) is 0 Å². The third-order valence-electron chi connectivity index (χ3n) is 5.47. The Balaban J connectivity index is 1.58. The number of hydrogen-bond donors (Lipinski definition) is 1. The number of ether oxygens (including phenoxy) is 1. The van der Waals surface area contributed by atoms with Crippen molar-refractivity contribution in [1.82, 2.24) is 9.88 Å². The van der Waals surface area contributed by atoms with Gasteiger partial charge in [0, 0.05) is 23.5 Å². The van der Waals surface area contributed by atoms with Gasteiger partial charge in [-0.1, -0.05) is 25.7 Å². The van der Waals surface area contributed by atoms with Crippen LogP contribution in [-0.2, 0) is 9.53 Å². The smallest absolute Gasteiger partial charge is 0.340 e. The van der Waals surface area contributed by atoms with Gasteiger partial charge >= 0.3 is 5.97 Å². The molecule has 0 aliphatic heterocycles. The summed E-state index contributed by atoms with van der Waals surface area (Å²) in [6.07, 6.45) is 8.43. The number of carbonyl (C=O) groups excluding carboxylic acids is 2. The minimum Gasteiger partial charge on any atom is -0.449 e. The van der Waals surface area contributed by atoms with E-state index in [-0.39, 0.29) is 11.9 Å². The molecule has 0 spiro atoms. The highest BCUT2D eigenvalue weighted by Gasteiger charge is 2.30. The molecular formula is C20H30N2O3. The number of aromatic nitrogens is 1. The predicted octanol–water partition coefficient (Wildman–Crippen LogP) is 3.82. The van der Waals surface area contributed by atoms with Crippen LogP contribution < -0.4 is 5.32 Å². The second-order valence-electron chi connectivity index (χ2n) is 7.63. The van der Waals surface area contributed by atoms with Crippen LogP contribution in [0, 0.1) is 13.8 Å². The van der Waals surface area contributed by atoms with E-state index in [1.165, 1.54) is 25.7 Å². The standard InChI is InChI=1S/C20H30N2O3/c1-13-12-18(14(2)22(13)17-10-11-17)20(24)25-15(3)19(23)21-16-8-6-4-5-7-9-16/h12,15-17H,4-11H2,1-3H3,(H,21,23)/t15-/m0/s1. The summed E-state index contributed by atoms with van der Waals surface area (Å²) in [5.74, 6) is -0.584. The van der Waals surface area contributed by atoms with Gasteiger partial charge in [0.15, 0.2) is 6.10 Å². The summed E-state index contributed by atoms with van der Waals surface area (Å²) in [7, 11) is 0. The molecule has 2 aliphatic carbocycles. The van der Waals surface area contributed by atoms with Crippen LogP contribution in [0.15, 0.2) is 6.07 Å². The topological polar surface area (TPSA) is 60.3 Å². The maximum atomic E-state index is 12.5. The molecule has 1 aromatic rings. The van der Waals surface area contributed by atoms with Gasteiger partial charge in [0.05, 0.1) is 5.56 Å². The highest BCUT2D eigenvalue weighted by atomic mass is 16.5. The zero-order chi connectivity index (χ0) is 18.0. The van der Waals surface area contributed by atoms with E-state index < -0.39 is 12.1 Å². The number of nitrogens with one attached hydrogen (secondary N) is 1. The summed E-state index contributed by atoms with van der Waals surface area (Å²) < 4.78 is 7.67. The Kier molecular flexibility index (Phi) is 5.50. The molecule has 3 rings (SSSR count). The SMILES string of the molecule is Cc1cc(C(=O)O[C@@H](C)C(=O)NC2CCCCCC2)c(C)n1C1CC1. The Morgan fingerprint density at radius 2 is 1.76 bits per heavy atom. The first kappa shape index (κ1) is 18.0. The van der Waals surface area contributed by atoms with Gasteiger partial charge < -0.3 is 14.6 Å². The molecule has 1 atom stereocenters. The monoisotopic (exact) mass is 346 g/mol. The first-order valence-electron chi connectivity index (χ1n) is 9.67. The molecule has 1 amide bonds. The largest absolute Gasteiger partial charge is 0.449 e. The fourth-order valence-electron chi connectivity index (χ4n) is 3.90. The molecule has 5 nitrogen and oxygen atoms in total. The molecule has 1 aromatic heterocycles. The fraction of sp³-hybridized carbons (Fsp3) is 0.700. The molecular weight excluding hydrogens is 316 g/mol. The molecule has 0 bridgehead atoms. The Hall–Kier alpha value is -1.78. The molecule has 2 aliphatic rings. The number of nitrogens with zero attached hydrogens (tertiary/aromatic N) is 1. The second kappa shape index (κ2) is 7.63. The van der Waals surface area contributed by atoms with E-state index in [0.717, 1.165) is 37.1 Å². The summed E-state index contributed by atoms with van der Waals surface area (Å²) in [5.41, 5.74) is 2.61. The van der Waals surface area contributed by atoms with Crippen molar-refractivity contribution < 1.29 is 14.3 Å². The highest BCUT2D eigenvalue weighted by Crippen LogP contribution is 2.38. The molecule has 25 heavy (non-hydrogen) atoms. The predicted molar refractivity (Wildman–Crippen MR) is 96.7 cm³/mol. The van der Waals surface area contributed by atoms with Crippen LogP contribution in [-0.4, -0.2) is 28.6 Å². The number of aryl methyl sites for hydroxylation is 1. The van der Waals surface area contributed by atoms with E-state index in [1.807, 2.05) is 19.9 Å². The summed E-state index contributed by atoms with van der Waals surface area (Å²) in [6, 6.07) is 2.62. The molecule has 2 saturated carbocycles. The minimum absolute atomic E-state index is 0.184. The minimum atomic E-state index is -0.764. The molecule has 5 heteroatoms. The lowest BCUT2D eigenvalue weighted by molar-refractivity contribution is -0.129. The number of rotatable bonds is 5. The average Bonchev–Trinajstić information content (AvgIpc) is 3.37. The van der Waals surface area contributed by atoms with Crippen molar-refractivity contribution in [1.29, 1.82) is 0 Å². The lowest BCUT2D eigenvalue weighted by Gasteiger charge is -2.19. The number of hydrogen-bond acceptors (Lipinski definition) is 3. The van der Waals surface area contributed by atoms with Crippen LogP contribution in [0.3, 0.4) is 0 Å². The molecule has 0 saturated heterocycles. The van der Waals surface area contributed by atoms with Crippen molar-refractivity contribution in [3.63, 3.8) is 0 Å². The quantitative estimate of drug-likeness (QED) is 0.651. The third kappa shape index (κ3) is 4.25. The molecule has 0 unspecified atom stereocenters. The van der Waals surface area contributed by atoms with Crippen LogP contribution in [0.1, 0.15) is 86.1 Å². The zero-order valence-electron chi connectivity index (χ0n) is 15.6. The van der Waals surface area contributed by atoms with E-state index in [4.69, 9.17) is 4.74 Å². The molecule has 0 radical (unpaired) electrons. The van der Waals surface area contributed by atoms with Gasteiger partial charge in [-0.3, -0.25) is 4.79 Å². The van der Waals surface area contributed by atoms with Crippen molar-refractivity contribution in [2.75, 3.05) is 0 Å². The van der Waals surface area contributed by atoms with Crippen molar-refractivity contribution in [2.24, 2.45) is 0 Å². The second-order valence-corrected chi connectivity index (χ2v) is 7.63. The molecule has 138 valence electrons. The Morgan fingerprint density at radius 1 is 1.12 bits per heavy atom. The first-order chi connectivity index (χ1) is 12.0. The number of carbonyl (C=O) groups is 2. The van der Waals surface area contributed by atoms with E-state index in [0.29, 0.717) is 11.6 Å². The number of amides is 1. The van der Waals surface area contributed by atoms with E-state index in [2.05, 4.69) is 9.88 Å². The summed E-state index contributed by atoms with van der Waals surface area (Å²) >= 11 is 0.